The molecular formula is C12H9N5S. The van der Waals surface area contributed by atoms with Crippen molar-refractivity contribution >= 4 is 27.6 Å². The predicted molar refractivity (Wildman–Crippen MR) is 70.6 cm³/mol. The van der Waals surface area contributed by atoms with Gasteiger partial charge in [-0.3, -0.25) is 14.5 Å². The molecule has 0 saturated carbocycles. The molecule has 0 radical (unpaired) electrons. The molecule has 1 aliphatic rings. The molecule has 1 aliphatic heterocycles. The number of hydrogen-bond acceptors (Lipinski definition) is 5. The highest BCUT2D eigenvalue weighted by Gasteiger charge is 2.20. The summed E-state index contributed by atoms with van der Waals surface area (Å²) in [5.74, 6) is 1.79. The first-order chi connectivity index (χ1) is 8.84. The van der Waals surface area contributed by atoms with Crippen LogP contribution in [0.5, 0.6) is 0 Å². The van der Waals surface area contributed by atoms with Crippen molar-refractivity contribution in [2.75, 3.05) is 0 Å². The number of aryl methyl sites for hydroxylation is 1. The molecule has 0 bridgehead atoms. The van der Waals surface area contributed by atoms with Crippen LogP contribution in [-0.4, -0.2) is 26.0 Å². The minimum atomic E-state index is 0.578. The number of aliphatic imine (C=N–C) groups is 1. The summed E-state index contributed by atoms with van der Waals surface area (Å²) in [6, 6.07) is 2.03. The van der Waals surface area contributed by atoms with Crippen LogP contribution in [0.2, 0.25) is 0 Å². The van der Waals surface area contributed by atoms with E-state index in [1.165, 1.54) is 5.39 Å². The van der Waals surface area contributed by atoms with Gasteiger partial charge in [0.05, 0.1) is 11.2 Å². The van der Waals surface area contributed by atoms with Crippen molar-refractivity contribution in [2.24, 2.45) is 4.99 Å². The lowest BCUT2D eigenvalue weighted by Gasteiger charge is -2.02. The number of fused-ring (bicyclic) bond motifs is 5. The van der Waals surface area contributed by atoms with Crippen LogP contribution in [0.15, 0.2) is 23.5 Å². The Morgan fingerprint density at radius 1 is 1.33 bits per heavy atom. The monoisotopic (exact) mass is 255 g/mol. The molecule has 3 aromatic rings. The summed E-state index contributed by atoms with van der Waals surface area (Å²) < 4.78 is 3.25. The smallest absolute Gasteiger partial charge is 0.159 e. The van der Waals surface area contributed by atoms with E-state index in [2.05, 4.69) is 24.7 Å². The molecule has 0 atom stereocenters. The molecule has 88 valence electrons. The van der Waals surface area contributed by atoms with Gasteiger partial charge in [-0.1, -0.05) is 0 Å². The first kappa shape index (κ1) is 9.90. The second kappa shape index (κ2) is 3.46. The van der Waals surface area contributed by atoms with E-state index >= 15 is 0 Å². The van der Waals surface area contributed by atoms with Gasteiger partial charge in [-0.05, 0) is 13.0 Å². The summed E-state index contributed by atoms with van der Waals surface area (Å²) >= 11 is 1.70. The highest BCUT2D eigenvalue weighted by atomic mass is 32.1. The SMILES string of the molecule is Cc1nnc2n1-c1sc3cnccc3c1C=NC2. The molecule has 5 nitrogen and oxygen atoms in total. The van der Waals surface area contributed by atoms with Crippen LogP contribution in [-0.2, 0) is 6.54 Å². The third-order valence-electron chi connectivity index (χ3n) is 3.06. The van der Waals surface area contributed by atoms with Crippen molar-refractivity contribution in [2.45, 2.75) is 13.5 Å². The molecule has 0 fully saturated rings. The van der Waals surface area contributed by atoms with Crippen molar-refractivity contribution < 1.29 is 0 Å². The van der Waals surface area contributed by atoms with Crippen molar-refractivity contribution in [1.82, 2.24) is 19.7 Å². The topological polar surface area (TPSA) is 56.0 Å². The maximum absolute atomic E-state index is 4.43. The molecule has 0 spiro atoms. The van der Waals surface area contributed by atoms with E-state index in [0.717, 1.165) is 26.9 Å². The molecule has 0 aromatic carbocycles. The second-order valence-corrected chi connectivity index (χ2v) is 5.19. The molecule has 0 saturated heterocycles. The van der Waals surface area contributed by atoms with Crippen molar-refractivity contribution in [3.63, 3.8) is 0 Å². The van der Waals surface area contributed by atoms with E-state index in [1.807, 2.05) is 31.6 Å². The average Bonchev–Trinajstić information content (AvgIpc) is 2.86. The molecule has 18 heavy (non-hydrogen) atoms. The fourth-order valence-corrected chi connectivity index (χ4v) is 3.45. The lowest BCUT2D eigenvalue weighted by molar-refractivity contribution is 0.871. The number of pyridine rings is 1. The van der Waals surface area contributed by atoms with Gasteiger partial charge in [0.1, 0.15) is 10.8 Å². The van der Waals surface area contributed by atoms with E-state index in [0.29, 0.717) is 6.54 Å². The number of rotatable bonds is 0. The largest absolute Gasteiger partial charge is 0.284 e. The molecule has 0 unspecified atom stereocenters. The Labute approximate surface area is 107 Å². The van der Waals surface area contributed by atoms with Gasteiger partial charge in [0.15, 0.2) is 5.82 Å². The number of hydrogen-bond donors (Lipinski definition) is 0. The van der Waals surface area contributed by atoms with Gasteiger partial charge in [0, 0.05) is 29.6 Å². The zero-order valence-corrected chi connectivity index (χ0v) is 10.5. The summed E-state index contributed by atoms with van der Waals surface area (Å²) in [6.07, 6.45) is 5.64. The normalized spacial score (nSPS) is 13.4. The van der Waals surface area contributed by atoms with Crippen molar-refractivity contribution in [1.29, 1.82) is 0 Å². The molecule has 0 amide bonds. The summed E-state index contributed by atoms with van der Waals surface area (Å²) in [7, 11) is 0. The van der Waals surface area contributed by atoms with E-state index in [9.17, 15) is 0 Å². The van der Waals surface area contributed by atoms with Crippen molar-refractivity contribution in [3.8, 4) is 5.00 Å². The first-order valence-electron chi connectivity index (χ1n) is 5.62. The second-order valence-electron chi connectivity index (χ2n) is 4.16. The zero-order valence-electron chi connectivity index (χ0n) is 9.66. The van der Waals surface area contributed by atoms with Crippen LogP contribution >= 0.6 is 11.3 Å². The van der Waals surface area contributed by atoms with E-state index in [1.54, 1.807) is 11.3 Å². The van der Waals surface area contributed by atoms with Crippen LogP contribution in [0.3, 0.4) is 0 Å². The van der Waals surface area contributed by atoms with Crippen LogP contribution in [0.4, 0.5) is 0 Å². The molecule has 3 aromatic heterocycles. The minimum absolute atomic E-state index is 0.578. The molecule has 0 N–H and O–H groups in total. The Hall–Kier alpha value is -2.08. The van der Waals surface area contributed by atoms with Crippen LogP contribution in [0.25, 0.3) is 15.1 Å². The maximum atomic E-state index is 4.43. The lowest BCUT2D eigenvalue weighted by atomic mass is 10.2. The Morgan fingerprint density at radius 3 is 3.22 bits per heavy atom. The number of thiophene rings is 1. The first-order valence-corrected chi connectivity index (χ1v) is 6.44. The number of nitrogens with zero attached hydrogens (tertiary/aromatic N) is 5. The fourth-order valence-electron chi connectivity index (χ4n) is 2.24. The Morgan fingerprint density at radius 2 is 2.28 bits per heavy atom. The van der Waals surface area contributed by atoms with Gasteiger partial charge in [-0.25, -0.2) is 0 Å². The van der Waals surface area contributed by atoms with Gasteiger partial charge in [-0.15, -0.1) is 21.5 Å². The van der Waals surface area contributed by atoms with Gasteiger partial charge >= 0.3 is 0 Å². The minimum Gasteiger partial charge on any atom is -0.284 e. The predicted octanol–water partition coefficient (Wildman–Crippen LogP) is 2.12. The van der Waals surface area contributed by atoms with Gasteiger partial charge < -0.3 is 0 Å². The molecule has 6 heteroatoms. The lowest BCUT2D eigenvalue weighted by Crippen LogP contribution is -2.00. The quantitative estimate of drug-likeness (QED) is 0.618. The highest BCUT2D eigenvalue weighted by molar-refractivity contribution is 7.21. The van der Waals surface area contributed by atoms with E-state index < -0.39 is 0 Å². The van der Waals surface area contributed by atoms with E-state index in [-0.39, 0.29) is 0 Å². The Balaban J connectivity index is 2.16. The molecular weight excluding hydrogens is 246 g/mol. The van der Waals surface area contributed by atoms with E-state index in [4.69, 9.17) is 0 Å². The standard InChI is InChI=1S/C12H9N5S/c1-7-15-16-11-6-14-4-9-8-2-3-13-5-10(8)18-12(9)17(7)11/h2-5H,6H2,1H3. The van der Waals surface area contributed by atoms with Crippen LogP contribution < -0.4 is 0 Å². The zero-order chi connectivity index (χ0) is 12.1. The average molecular weight is 255 g/mol. The Kier molecular flexibility index (Phi) is 1.90. The number of aromatic nitrogens is 4. The third kappa shape index (κ3) is 1.20. The summed E-state index contributed by atoms with van der Waals surface area (Å²) in [5.41, 5.74) is 1.14. The maximum Gasteiger partial charge on any atom is 0.159 e. The summed E-state index contributed by atoms with van der Waals surface area (Å²) in [4.78, 5) is 8.60. The van der Waals surface area contributed by atoms with Gasteiger partial charge in [0.25, 0.3) is 0 Å². The van der Waals surface area contributed by atoms with Gasteiger partial charge in [-0.2, -0.15) is 0 Å². The highest BCUT2D eigenvalue weighted by Crippen LogP contribution is 2.34. The van der Waals surface area contributed by atoms with Crippen molar-refractivity contribution in [3.05, 3.63) is 35.7 Å². The van der Waals surface area contributed by atoms with Crippen LogP contribution in [0.1, 0.15) is 17.2 Å². The third-order valence-corrected chi connectivity index (χ3v) is 4.20. The molecule has 4 heterocycles. The summed E-state index contributed by atoms with van der Waals surface area (Å²) in [5, 5.41) is 10.6. The molecule has 4 rings (SSSR count). The Bertz CT molecular complexity index is 783. The van der Waals surface area contributed by atoms with Gasteiger partial charge in [0.2, 0.25) is 0 Å². The summed E-state index contributed by atoms with van der Waals surface area (Å²) in [6.45, 7) is 2.54. The fraction of sp³-hybridized carbons (Fsp3) is 0.167. The van der Waals surface area contributed by atoms with Crippen LogP contribution in [0, 0.1) is 6.92 Å². The molecule has 0 aliphatic carbocycles.